The number of methoxy groups -OCH3 is 1. The van der Waals surface area contributed by atoms with Crippen molar-refractivity contribution in [1.82, 2.24) is 0 Å². The molecule has 0 aliphatic rings. The minimum atomic E-state index is -1.36. The number of hydrogen-bond acceptors (Lipinski definition) is 4. The third-order valence-electron chi connectivity index (χ3n) is 2.34. The quantitative estimate of drug-likeness (QED) is 0.912. The van der Waals surface area contributed by atoms with E-state index < -0.39 is 11.6 Å². The Morgan fingerprint density at radius 2 is 1.75 bits per heavy atom. The van der Waals surface area contributed by atoms with Crippen molar-refractivity contribution < 1.29 is 14.6 Å². The Kier molecular flexibility index (Phi) is 3.09. The fourth-order valence-electron chi connectivity index (χ4n) is 1.58. The van der Waals surface area contributed by atoms with E-state index in [-0.39, 0.29) is 0 Å². The van der Waals surface area contributed by atoms with E-state index >= 15 is 0 Å². The van der Waals surface area contributed by atoms with Crippen molar-refractivity contribution in [1.29, 1.82) is 0 Å². The van der Waals surface area contributed by atoms with Gasteiger partial charge >= 0.3 is 5.97 Å². The van der Waals surface area contributed by atoms with Crippen LogP contribution in [0.1, 0.15) is 9.75 Å². The third-order valence-corrected chi connectivity index (χ3v) is 4.29. The molecule has 0 amide bonds. The number of carboxylic acids is 1. The molecule has 0 aromatic carbocycles. The van der Waals surface area contributed by atoms with Crippen LogP contribution in [0.25, 0.3) is 0 Å². The van der Waals surface area contributed by atoms with Gasteiger partial charge in [-0.25, -0.2) is 4.79 Å². The van der Waals surface area contributed by atoms with Crippen LogP contribution in [0.2, 0.25) is 0 Å². The second-order valence-electron chi connectivity index (χ2n) is 3.15. The van der Waals surface area contributed by atoms with Gasteiger partial charge in [0.15, 0.2) is 0 Å². The molecule has 2 rings (SSSR count). The number of rotatable bonds is 4. The minimum absolute atomic E-state index is 0.685. The summed E-state index contributed by atoms with van der Waals surface area (Å²) in [7, 11) is 1.42. The molecule has 2 heterocycles. The molecule has 0 spiro atoms. The molecular weight excluding hydrogens is 244 g/mol. The van der Waals surface area contributed by atoms with Crippen molar-refractivity contribution in [2.45, 2.75) is 5.60 Å². The van der Waals surface area contributed by atoms with E-state index in [1.54, 1.807) is 12.1 Å². The molecule has 0 unspecified atom stereocenters. The van der Waals surface area contributed by atoms with Crippen molar-refractivity contribution >= 4 is 28.6 Å². The van der Waals surface area contributed by atoms with Gasteiger partial charge in [0, 0.05) is 7.11 Å². The zero-order valence-corrected chi connectivity index (χ0v) is 10.2. The molecule has 0 aliphatic carbocycles. The Balaban J connectivity index is 2.61. The van der Waals surface area contributed by atoms with Crippen molar-refractivity contribution in [3.05, 3.63) is 44.8 Å². The summed E-state index contributed by atoms with van der Waals surface area (Å²) in [4.78, 5) is 12.9. The number of carbonyl (C=O) groups is 1. The average molecular weight is 254 g/mol. The first kappa shape index (κ1) is 11.3. The van der Waals surface area contributed by atoms with Gasteiger partial charge in [-0.2, -0.15) is 0 Å². The SMILES string of the molecule is COC(C(=O)O)(c1cccs1)c1cccs1. The molecule has 0 saturated heterocycles. The highest BCUT2D eigenvalue weighted by molar-refractivity contribution is 7.12. The lowest BCUT2D eigenvalue weighted by Crippen LogP contribution is -2.37. The zero-order valence-electron chi connectivity index (χ0n) is 8.54. The molecule has 0 bridgehead atoms. The van der Waals surface area contributed by atoms with E-state index in [1.165, 1.54) is 29.8 Å². The molecular formula is C11H10O3S2. The topological polar surface area (TPSA) is 46.5 Å². The van der Waals surface area contributed by atoms with Crippen LogP contribution < -0.4 is 0 Å². The van der Waals surface area contributed by atoms with Gasteiger partial charge in [0.05, 0.1) is 9.75 Å². The number of carboxylic acid groups (broad SMARTS) is 1. The molecule has 0 aliphatic heterocycles. The first-order valence-electron chi connectivity index (χ1n) is 4.58. The Labute approximate surface area is 101 Å². The Morgan fingerprint density at radius 3 is 2.00 bits per heavy atom. The molecule has 0 atom stereocenters. The summed E-state index contributed by atoms with van der Waals surface area (Å²) < 4.78 is 5.31. The molecule has 1 N–H and O–H groups in total. The highest BCUT2D eigenvalue weighted by Gasteiger charge is 2.44. The maximum absolute atomic E-state index is 11.5. The summed E-state index contributed by atoms with van der Waals surface area (Å²) in [5.74, 6) is -0.986. The second-order valence-corrected chi connectivity index (χ2v) is 5.04. The van der Waals surface area contributed by atoms with E-state index in [1.807, 2.05) is 22.9 Å². The Morgan fingerprint density at radius 1 is 1.25 bits per heavy atom. The van der Waals surface area contributed by atoms with Gasteiger partial charge in [0.1, 0.15) is 0 Å². The molecule has 2 aromatic heterocycles. The Hall–Kier alpha value is -1.17. The summed E-state index contributed by atoms with van der Waals surface area (Å²) in [6.45, 7) is 0. The summed E-state index contributed by atoms with van der Waals surface area (Å²) in [5.41, 5.74) is -1.36. The van der Waals surface area contributed by atoms with Gasteiger partial charge < -0.3 is 9.84 Å². The van der Waals surface area contributed by atoms with E-state index in [0.29, 0.717) is 9.75 Å². The van der Waals surface area contributed by atoms with Crippen molar-refractivity contribution in [2.24, 2.45) is 0 Å². The molecule has 16 heavy (non-hydrogen) atoms. The van der Waals surface area contributed by atoms with Gasteiger partial charge in [-0.05, 0) is 22.9 Å². The lowest BCUT2D eigenvalue weighted by molar-refractivity contribution is -0.157. The van der Waals surface area contributed by atoms with Gasteiger partial charge in [-0.1, -0.05) is 12.1 Å². The molecule has 0 fully saturated rings. The van der Waals surface area contributed by atoms with Gasteiger partial charge in [-0.3, -0.25) is 0 Å². The molecule has 0 saturated carbocycles. The fraction of sp³-hybridized carbons (Fsp3) is 0.182. The predicted molar refractivity (Wildman–Crippen MR) is 64.1 cm³/mol. The van der Waals surface area contributed by atoms with Crippen LogP contribution in [0.5, 0.6) is 0 Å². The predicted octanol–water partition coefficient (Wildman–Crippen LogP) is 2.78. The summed E-state index contributed by atoms with van der Waals surface area (Å²) >= 11 is 2.76. The van der Waals surface area contributed by atoms with Crippen LogP contribution in [-0.2, 0) is 15.1 Å². The van der Waals surface area contributed by atoms with Gasteiger partial charge in [-0.15, -0.1) is 22.7 Å². The van der Waals surface area contributed by atoms with E-state index in [2.05, 4.69) is 0 Å². The third kappa shape index (κ3) is 1.57. The standard InChI is InChI=1S/C11H10O3S2/c1-14-11(10(12)13,8-4-2-6-15-8)9-5-3-7-16-9/h2-7H,1H3,(H,12,13). The van der Waals surface area contributed by atoms with Gasteiger partial charge in [0.2, 0.25) is 5.60 Å². The number of hydrogen-bond donors (Lipinski definition) is 1. The average Bonchev–Trinajstić information content (AvgIpc) is 2.89. The second kappa shape index (κ2) is 4.37. The first-order chi connectivity index (χ1) is 7.71. The number of ether oxygens (including phenoxy) is 1. The van der Waals surface area contributed by atoms with Crippen LogP contribution in [0, 0.1) is 0 Å². The number of thiophene rings is 2. The normalized spacial score (nSPS) is 11.6. The van der Waals surface area contributed by atoms with Crippen LogP contribution in [0.15, 0.2) is 35.0 Å². The highest BCUT2D eigenvalue weighted by Crippen LogP contribution is 2.38. The molecule has 2 aromatic rings. The van der Waals surface area contributed by atoms with Crippen molar-refractivity contribution in [2.75, 3.05) is 7.11 Å². The first-order valence-corrected chi connectivity index (χ1v) is 6.34. The van der Waals surface area contributed by atoms with Gasteiger partial charge in [0.25, 0.3) is 0 Å². The fourth-order valence-corrected chi connectivity index (χ4v) is 3.46. The van der Waals surface area contributed by atoms with Crippen molar-refractivity contribution in [3.63, 3.8) is 0 Å². The Bertz CT molecular complexity index is 425. The van der Waals surface area contributed by atoms with Crippen LogP contribution >= 0.6 is 22.7 Å². The lowest BCUT2D eigenvalue weighted by Gasteiger charge is -2.25. The summed E-state index contributed by atoms with van der Waals surface area (Å²) in [6.07, 6.45) is 0. The van der Waals surface area contributed by atoms with E-state index in [0.717, 1.165) is 0 Å². The number of aliphatic carboxylic acids is 1. The lowest BCUT2D eigenvalue weighted by atomic mass is 10.00. The molecule has 84 valence electrons. The molecule has 0 radical (unpaired) electrons. The maximum atomic E-state index is 11.5. The maximum Gasteiger partial charge on any atom is 0.347 e. The zero-order chi connectivity index (χ0) is 11.6. The summed E-state index contributed by atoms with van der Waals surface area (Å²) in [5, 5.41) is 13.1. The minimum Gasteiger partial charge on any atom is -0.479 e. The van der Waals surface area contributed by atoms with Crippen LogP contribution in [-0.4, -0.2) is 18.2 Å². The monoisotopic (exact) mass is 254 g/mol. The highest BCUT2D eigenvalue weighted by atomic mass is 32.1. The van der Waals surface area contributed by atoms with E-state index in [9.17, 15) is 9.90 Å². The van der Waals surface area contributed by atoms with Crippen LogP contribution in [0.3, 0.4) is 0 Å². The smallest absolute Gasteiger partial charge is 0.347 e. The van der Waals surface area contributed by atoms with Crippen molar-refractivity contribution in [3.8, 4) is 0 Å². The largest absolute Gasteiger partial charge is 0.479 e. The molecule has 3 nitrogen and oxygen atoms in total. The molecule has 5 heteroatoms. The van der Waals surface area contributed by atoms with Crippen LogP contribution in [0.4, 0.5) is 0 Å². The summed E-state index contributed by atoms with van der Waals surface area (Å²) in [6, 6.07) is 7.21. The van der Waals surface area contributed by atoms with E-state index in [4.69, 9.17) is 4.74 Å².